The maximum atomic E-state index is 14.2. The fraction of sp³-hybridized carbons (Fsp3) is 0.387. The number of phenolic OH excluding ortho intramolecular Hbond substituents is 1. The summed E-state index contributed by atoms with van der Waals surface area (Å²) < 4.78 is 0. The minimum absolute atomic E-state index is 0.0571. The molecule has 0 radical (unpaired) electrons. The normalized spacial score (nSPS) is 29.1. The zero-order valence-electron chi connectivity index (χ0n) is 21.9. The number of aliphatic hydroxyl groups excluding tert-OH is 1. The van der Waals surface area contributed by atoms with Gasteiger partial charge in [-0.15, -0.1) is 0 Å². The molecule has 3 aliphatic rings. The highest BCUT2D eigenvalue weighted by molar-refractivity contribution is 6.25. The Morgan fingerprint density at radius 3 is 2.30 bits per heavy atom. The molecule has 0 unspecified atom stereocenters. The second kappa shape index (κ2) is 7.99. The Bertz CT molecular complexity index is 1460. The van der Waals surface area contributed by atoms with Gasteiger partial charge in [-0.25, -0.2) is 0 Å². The number of carbonyl (C=O) groups excluding carboxylic acids is 3. The van der Waals surface area contributed by atoms with Crippen molar-refractivity contribution < 1.29 is 29.7 Å². The van der Waals surface area contributed by atoms with Crippen LogP contribution in [0.3, 0.4) is 0 Å². The summed E-state index contributed by atoms with van der Waals surface area (Å²) in [6.45, 7) is 8.46. The summed E-state index contributed by atoms with van der Waals surface area (Å²) in [4.78, 5) is 40.1. The van der Waals surface area contributed by atoms with Crippen molar-refractivity contribution in [3.8, 4) is 16.9 Å². The second-order valence-electron chi connectivity index (χ2n) is 11.5. The lowest BCUT2D eigenvalue weighted by molar-refractivity contribution is -0.157. The van der Waals surface area contributed by atoms with Crippen molar-refractivity contribution in [3.05, 3.63) is 75.6 Å². The van der Waals surface area contributed by atoms with Gasteiger partial charge < -0.3 is 15.3 Å². The van der Waals surface area contributed by atoms with E-state index in [4.69, 9.17) is 0 Å². The first-order valence-electron chi connectivity index (χ1n) is 12.7. The van der Waals surface area contributed by atoms with E-state index in [0.29, 0.717) is 29.5 Å². The van der Waals surface area contributed by atoms with Gasteiger partial charge in [-0.2, -0.15) is 0 Å². The molecule has 0 spiro atoms. The number of rotatable bonds is 3. The number of ketones is 3. The number of Topliss-reactive ketones (excluding diaryl/α,β-unsaturated/α-hetero) is 3. The second-order valence-corrected chi connectivity index (χ2v) is 11.5. The summed E-state index contributed by atoms with van der Waals surface area (Å²) >= 11 is 0. The molecule has 0 fully saturated rings. The van der Waals surface area contributed by atoms with Crippen LogP contribution < -0.4 is 0 Å². The summed E-state index contributed by atoms with van der Waals surface area (Å²) in [7, 11) is 0. The molecule has 3 N–H and O–H groups in total. The van der Waals surface area contributed by atoms with Gasteiger partial charge in [-0.3, -0.25) is 14.4 Å². The number of fused-ring (bicyclic) bond motifs is 3. The predicted octanol–water partition coefficient (Wildman–Crippen LogP) is 5.20. The molecule has 0 saturated carbocycles. The predicted molar refractivity (Wildman–Crippen MR) is 139 cm³/mol. The van der Waals surface area contributed by atoms with E-state index in [1.807, 2.05) is 50.2 Å². The topological polar surface area (TPSA) is 112 Å². The van der Waals surface area contributed by atoms with Gasteiger partial charge in [0.05, 0.1) is 11.1 Å². The van der Waals surface area contributed by atoms with Crippen LogP contribution in [0.25, 0.3) is 11.1 Å². The molecular weight excluding hydrogens is 468 g/mol. The van der Waals surface area contributed by atoms with E-state index in [9.17, 15) is 29.7 Å². The van der Waals surface area contributed by atoms with Crippen molar-refractivity contribution in [2.45, 2.75) is 65.9 Å². The van der Waals surface area contributed by atoms with Gasteiger partial charge in [0.15, 0.2) is 17.2 Å². The van der Waals surface area contributed by atoms with Gasteiger partial charge >= 0.3 is 0 Å². The van der Waals surface area contributed by atoms with E-state index in [2.05, 4.69) is 0 Å². The lowest BCUT2D eigenvalue weighted by atomic mass is 9.48. The number of allylic oxidation sites excluding steroid dienone is 2. The quantitative estimate of drug-likeness (QED) is 0.500. The van der Waals surface area contributed by atoms with Gasteiger partial charge in [-0.05, 0) is 67.9 Å². The molecule has 3 aliphatic carbocycles. The van der Waals surface area contributed by atoms with Crippen LogP contribution in [0.4, 0.5) is 0 Å². The zero-order chi connectivity index (χ0) is 27.1. The molecule has 3 atom stereocenters. The van der Waals surface area contributed by atoms with Crippen LogP contribution in [0, 0.1) is 10.8 Å². The Kier molecular flexibility index (Phi) is 5.43. The highest BCUT2D eigenvalue weighted by Crippen LogP contribution is 2.62. The number of phenols is 1. The largest absolute Gasteiger partial charge is 0.508 e. The Labute approximate surface area is 216 Å². The van der Waals surface area contributed by atoms with Crippen LogP contribution in [-0.4, -0.2) is 38.3 Å². The summed E-state index contributed by atoms with van der Waals surface area (Å²) in [5, 5.41) is 34.7. The summed E-state index contributed by atoms with van der Waals surface area (Å²) in [6.07, 6.45) is 1.28. The molecule has 37 heavy (non-hydrogen) atoms. The van der Waals surface area contributed by atoms with E-state index in [0.717, 1.165) is 11.1 Å². The number of hydrogen-bond donors (Lipinski definition) is 3. The molecule has 0 heterocycles. The Morgan fingerprint density at radius 2 is 1.70 bits per heavy atom. The van der Waals surface area contributed by atoms with E-state index < -0.39 is 39.5 Å². The van der Waals surface area contributed by atoms with Crippen molar-refractivity contribution in [2.75, 3.05) is 0 Å². The van der Waals surface area contributed by atoms with Gasteiger partial charge in [0.1, 0.15) is 11.5 Å². The highest BCUT2D eigenvalue weighted by Gasteiger charge is 2.67. The minimum Gasteiger partial charge on any atom is -0.508 e. The van der Waals surface area contributed by atoms with Gasteiger partial charge in [0, 0.05) is 16.4 Å². The third-order valence-corrected chi connectivity index (χ3v) is 8.80. The lowest BCUT2D eigenvalue weighted by Gasteiger charge is -2.56. The monoisotopic (exact) mass is 500 g/mol. The molecule has 0 saturated heterocycles. The first-order chi connectivity index (χ1) is 17.3. The van der Waals surface area contributed by atoms with Crippen LogP contribution in [0.1, 0.15) is 68.9 Å². The van der Waals surface area contributed by atoms with Crippen LogP contribution in [0.15, 0.2) is 58.9 Å². The molecule has 5 rings (SSSR count). The van der Waals surface area contributed by atoms with Gasteiger partial charge in [0.2, 0.25) is 5.78 Å². The van der Waals surface area contributed by atoms with Crippen molar-refractivity contribution in [1.29, 1.82) is 0 Å². The van der Waals surface area contributed by atoms with Crippen molar-refractivity contribution in [1.82, 2.24) is 0 Å². The molecule has 192 valence electrons. The minimum atomic E-state index is -2.41. The van der Waals surface area contributed by atoms with Crippen molar-refractivity contribution >= 4 is 17.3 Å². The number of aromatic hydroxyl groups is 1. The van der Waals surface area contributed by atoms with Crippen molar-refractivity contribution in [3.63, 3.8) is 0 Å². The average molecular weight is 501 g/mol. The van der Waals surface area contributed by atoms with E-state index in [-0.39, 0.29) is 35.3 Å². The van der Waals surface area contributed by atoms with Crippen LogP contribution in [0.2, 0.25) is 0 Å². The SMILES string of the molecule is CCc1cc(-c2ccccc2)c2c(c1O)C(=O)C1=C(O)[C@@]3(O)C(=O)C(C(C)=O)=C(C)C[C@@]3(C)C[C@@]1(C)C2. The zero-order valence-corrected chi connectivity index (χ0v) is 21.9. The molecule has 2 aromatic rings. The first-order valence-corrected chi connectivity index (χ1v) is 12.7. The fourth-order valence-corrected chi connectivity index (χ4v) is 7.30. The fourth-order valence-electron chi connectivity index (χ4n) is 7.30. The Hall–Kier alpha value is -3.51. The molecular formula is C31H32O6. The molecule has 6 heteroatoms. The number of hydrogen-bond acceptors (Lipinski definition) is 6. The van der Waals surface area contributed by atoms with Crippen LogP contribution in [0.5, 0.6) is 5.75 Å². The maximum absolute atomic E-state index is 14.2. The van der Waals surface area contributed by atoms with Gasteiger partial charge in [0.25, 0.3) is 0 Å². The van der Waals surface area contributed by atoms with Gasteiger partial charge in [-0.1, -0.05) is 56.7 Å². The number of aryl methyl sites for hydroxylation is 1. The number of benzene rings is 2. The Balaban J connectivity index is 1.81. The highest BCUT2D eigenvalue weighted by atomic mass is 16.3. The summed E-state index contributed by atoms with van der Waals surface area (Å²) in [6, 6.07) is 11.6. The maximum Gasteiger partial charge on any atom is 0.206 e. The van der Waals surface area contributed by atoms with Crippen molar-refractivity contribution in [2.24, 2.45) is 10.8 Å². The standard InChI is InChI=1S/C31H32O6/c1-6-18-12-20(19-10-8-7-9-11-19)21-14-29(4)15-30(5)13-16(2)22(17(3)32)27(35)31(30,37)28(36)24(29)26(34)23(21)25(18)33/h7-12,33,36-37H,6,13-15H2,1-5H3/t29-,30+,31+/m1/s1. The van der Waals surface area contributed by atoms with E-state index in [1.54, 1.807) is 13.8 Å². The smallest absolute Gasteiger partial charge is 0.206 e. The lowest BCUT2D eigenvalue weighted by Crippen LogP contribution is -2.63. The molecule has 0 aromatic heterocycles. The van der Waals surface area contributed by atoms with Crippen LogP contribution >= 0.6 is 0 Å². The van der Waals surface area contributed by atoms with E-state index in [1.165, 1.54) is 6.92 Å². The van der Waals surface area contributed by atoms with E-state index >= 15 is 0 Å². The number of aliphatic hydroxyl groups is 2. The Morgan fingerprint density at radius 1 is 1.05 bits per heavy atom. The third-order valence-electron chi connectivity index (χ3n) is 8.80. The molecule has 0 amide bonds. The molecule has 0 aliphatic heterocycles. The molecule has 6 nitrogen and oxygen atoms in total. The first kappa shape index (κ1) is 25.2. The third kappa shape index (κ3) is 3.18. The number of carbonyl (C=O) groups is 3. The van der Waals surface area contributed by atoms with Crippen LogP contribution in [-0.2, 0) is 22.4 Å². The summed E-state index contributed by atoms with van der Waals surface area (Å²) in [5.41, 5.74) is -0.905. The molecule has 0 bridgehead atoms. The molecule has 2 aromatic carbocycles. The average Bonchev–Trinajstić information content (AvgIpc) is 2.81. The summed E-state index contributed by atoms with van der Waals surface area (Å²) in [5.74, 6) is -2.78.